The Hall–Kier alpha value is -11.7. The van der Waals surface area contributed by atoms with Crippen LogP contribution in [0.4, 0.5) is 30.2 Å². The summed E-state index contributed by atoms with van der Waals surface area (Å²) in [6.07, 6.45) is -4.60. The van der Waals surface area contributed by atoms with Gasteiger partial charge in [-0.05, 0) is 177 Å². The first-order valence-electron chi connectivity index (χ1n) is 26.4. The topological polar surface area (TPSA) is 70.5 Å². The van der Waals surface area contributed by atoms with Crippen molar-refractivity contribution in [1.29, 1.82) is 10.5 Å². The molecule has 0 saturated carbocycles. The van der Waals surface area contributed by atoms with Gasteiger partial charge < -0.3 is 9.13 Å². The van der Waals surface area contributed by atoms with Gasteiger partial charge in [0.15, 0.2) is 17.1 Å². The molecule has 0 aliphatic rings. The van der Waals surface area contributed by atoms with Crippen molar-refractivity contribution in [3.05, 3.63) is 281 Å². The Labute approximate surface area is 475 Å². The lowest BCUT2D eigenvalue weighted by molar-refractivity contribution is -0.137. The van der Waals surface area contributed by atoms with E-state index >= 15 is 0 Å². The Morgan fingerprint density at radius 1 is 0.349 bits per heavy atom. The molecule has 0 radical (unpaired) electrons. The number of fused-ring (bicyclic) bond motifs is 6. The molecule has 0 N–H and O–H groups in total. The molecule has 7 nitrogen and oxygen atoms in total. The van der Waals surface area contributed by atoms with Gasteiger partial charge in [0, 0.05) is 27.1 Å². The third kappa shape index (κ3) is 9.04. The van der Waals surface area contributed by atoms with Crippen molar-refractivity contribution < 1.29 is 13.2 Å². The molecule has 2 heterocycles. The van der Waals surface area contributed by atoms with Crippen molar-refractivity contribution in [1.82, 2.24) is 9.13 Å². The first-order chi connectivity index (χ1) is 40.4. The molecule has 0 amide bonds. The van der Waals surface area contributed by atoms with Gasteiger partial charge in [-0.3, -0.25) is 0 Å². The molecule has 13 rings (SSSR count). The summed E-state index contributed by atoms with van der Waals surface area (Å²) in [6, 6.07) is 74.8. The molecule has 11 aromatic carbocycles. The molecule has 83 heavy (non-hydrogen) atoms. The van der Waals surface area contributed by atoms with Crippen molar-refractivity contribution in [3.63, 3.8) is 0 Å². The molecule has 2 aromatic heterocycles. The Kier molecular flexibility index (Phi) is 12.3. The Bertz CT molecular complexity index is 4820. The number of aromatic nitrogens is 2. The van der Waals surface area contributed by atoms with Crippen LogP contribution in [-0.2, 0) is 6.18 Å². The monoisotopic (exact) mass is 1070 g/mol. The van der Waals surface area contributed by atoms with Crippen molar-refractivity contribution in [2.24, 2.45) is 0 Å². The summed E-state index contributed by atoms with van der Waals surface area (Å²) in [5.41, 5.74) is 16.7. The maximum Gasteiger partial charge on any atom is 0.416 e. The third-order valence-electron chi connectivity index (χ3n) is 15.5. The SMILES string of the molecule is [C-]#[N+]c1ccc(-c2ccc3c(c2)c2cc(-c4ccc([N+]#[C-])cc4)ccc2n3-c2cc(-c3cc(C)cc(C(F)(F)F)c3)ccc2-c2cc([N+]#[C-])ccc2-n2c3ccc(-c4ccc(C#N)cc4)cc3c3cc(-c4ccc(C#N)cc4)ccc32)cc1. The lowest BCUT2D eigenvalue weighted by Crippen LogP contribution is -2.05. The van der Waals surface area contributed by atoms with E-state index < -0.39 is 11.7 Å². The van der Waals surface area contributed by atoms with Crippen molar-refractivity contribution >= 4 is 60.7 Å². The summed E-state index contributed by atoms with van der Waals surface area (Å²) in [5.74, 6) is 0. The van der Waals surface area contributed by atoms with E-state index in [0.29, 0.717) is 61.7 Å². The van der Waals surface area contributed by atoms with Crippen LogP contribution in [0.2, 0.25) is 0 Å². The molecular weight excluding hydrogens is 1030 g/mol. The Balaban J connectivity index is 1.11. The number of halogens is 3. The van der Waals surface area contributed by atoms with E-state index in [2.05, 4.69) is 96.5 Å². The fraction of sp³-hybridized carbons (Fsp3) is 0.0274. The smallest absolute Gasteiger partial charge is 0.309 e. The second-order valence-corrected chi connectivity index (χ2v) is 20.4. The molecule has 0 unspecified atom stereocenters. The minimum Gasteiger partial charge on any atom is -0.309 e. The van der Waals surface area contributed by atoms with Crippen LogP contribution in [0.25, 0.3) is 136 Å². The van der Waals surface area contributed by atoms with E-state index in [0.717, 1.165) is 99.9 Å². The highest BCUT2D eigenvalue weighted by atomic mass is 19.4. The van der Waals surface area contributed by atoms with Gasteiger partial charge in [-0.25, -0.2) is 14.5 Å². The second-order valence-electron chi connectivity index (χ2n) is 20.4. The van der Waals surface area contributed by atoms with E-state index in [1.165, 1.54) is 6.07 Å². The minimum absolute atomic E-state index is 0.379. The largest absolute Gasteiger partial charge is 0.416 e. The maximum absolute atomic E-state index is 14.7. The van der Waals surface area contributed by atoms with Crippen LogP contribution in [0.1, 0.15) is 22.3 Å². The predicted molar refractivity (Wildman–Crippen MR) is 326 cm³/mol. The summed E-state index contributed by atoms with van der Waals surface area (Å²) in [5, 5.41) is 22.9. The summed E-state index contributed by atoms with van der Waals surface area (Å²) >= 11 is 0. The fourth-order valence-electron chi connectivity index (χ4n) is 11.5. The summed E-state index contributed by atoms with van der Waals surface area (Å²) in [6.45, 7) is 25.2. The average molecular weight is 1070 g/mol. The van der Waals surface area contributed by atoms with Crippen molar-refractivity contribution in [3.8, 4) is 90.3 Å². The zero-order valence-electron chi connectivity index (χ0n) is 44.1. The fourth-order valence-corrected chi connectivity index (χ4v) is 11.5. The molecule has 0 fully saturated rings. The number of nitriles is 2. The number of alkyl halides is 3. The summed E-state index contributed by atoms with van der Waals surface area (Å²) in [4.78, 5) is 11.2. The lowest BCUT2D eigenvalue weighted by atomic mass is 9.94. The van der Waals surface area contributed by atoms with Gasteiger partial charge >= 0.3 is 6.18 Å². The lowest BCUT2D eigenvalue weighted by Gasteiger charge is -2.21. The highest BCUT2D eigenvalue weighted by molar-refractivity contribution is 6.14. The van der Waals surface area contributed by atoms with E-state index in [-0.39, 0.29) is 0 Å². The normalized spacial score (nSPS) is 11.3. The van der Waals surface area contributed by atoms with E-state index in [1.807, 2.05) is 91.0 Å². The molecule has 0 bridgehead atoms. The standard InChI is InChI=1S/C73H40F3N7/c1-44-33-56(35-57(34-44)73(74,75)76)55-17-27-61(72(40-55)83-69-30-20-53(49-13-22-58(79-2)23-14-49)38-64(69)65-39-54(21-31-70(65)83)50-15-24-59(80-3)25-16-50)66-41-60(81-4)26-32-71(66)82-67-28-18-51(47-9-5-45(42-77)6-10-47)36-62(67)63-37-52(19-29-68(63)82)48-11-7-46(43-78)8-12-48/h5-41H,1H3. The highest BCUT2D eigenvalue weighted by Gasteiger charge is 2.31. The zero-order valence-corrected chi connectivity index (χ0v) is 44.1. The molecular formula is C73H40F3N7. The van der Waals surface area contributed by atoms with Crippen LogP contribution in [0.15, 0.2) is 224 Å². The van der Waals surface area contributed by atoms with Crippen molar-refractivity contribution in [2.75, 3.05) is 0 Å². The van der Waals surface area contributed by atoms with Gasteiger partial charge in [0.1, 0.15) is 0 Å². The first kappa shape index (κ1) is 50.7. The van der Waals surface area contributed by atoms with Gasteiger partial charge in [0.2, 0.25) is 0 Å². The van der Waals surface area contributed by atoms with Crippen LogP contribution in [0.5, 0.6) is 0 Å². The summed E-state index contributed by atoms with van der Waals surface area (Å²) in [7, 11) is 0. The minimum atomic E-state index is -4.60. The summed E-state index contributed by atoms with van der Waals surface area (Å²) < 4.78 is 48.3. The molecule has 10 heteroatoms. The molecule has 13 aromatic rings. The predicted octanol–water partition coefficient (Wildman–Crippen LogP) is 20.6. The zero-order chi connectivity index (χ0) is 57.1. The van der Waals surface area contributed by atoms with Crippen LogP contribution < -0.4 is 0 Å². The van der Waals surface area contributed by atoms with E-state index in [9.17, 15) is 23.7 Å². The highest BCUT2D eigenvalue weighted by Crippen LogP contribution is 2.46. The van der Waals surface area contributed by atoms with Gasteiger partial charge in [0.05, 0.1) is 82.0 Å². The Morgan fingerprint density at radius 3 is 1.11 bits per heavy atom. The number of benzene rings is 11. The van der Waals surface area contributed by atoms with Crippen molar-refractivity contribution in [2.45, 2.75) is 13.1 Å². The molecule has 0 aliphatic heterocycles. The quantitative estimate of drug-likeness (QED) is 0.142. The van der Waals surface area contributed by atoms with Gasteiger partial charge in [-0.1, -0.05) is 121 Å². The number of nitrogens with zero attached hydrogens (tertiary/aromatic N) is 7. The second kappa shape index (κ2) is 20.2. The van der Waals surface area contributed by atoms with Crippen LogP contribution in [0.3, 0.4) is 0 Å². The third-order valence-corrected chi connectivity index (χ3v) is 15.5. The van der Waals surface area contributed by atoms with Gasteiger partial charge in [-0.2, -0.15) is 23.7 Å². The number of hydrogen-bond acceptors (Lipinski definition) is 2. The van der Waals surface area contributed by atoms with Gasteiger partial charge in [0.25, 0.3) is 0 Å². The molecule has 0 saturated heterocycles. The molecule has 0 aliphatic carbocycles. The van der Waals surface area contributed by atoms with Gasteiger partial charge in [-0.15, -0.1) is 0 Å². The van der Waals surface area contributed by atoms with E-state index in [4.69, 9.17) is 19.7 Å². The number of rotatable bonds is 8. The molecule has 0 spiro atoms. The molecule has 388 valence electrons. The number of aryl methyl sites for hydroxylation is 1. The van der Waals surface area contributed by atoms with Crippen LogP contribution in [0, 0.1) is 49.3 Å². The first-order valence-corrected chi connectivity index (χ1v) is 26.4. The average Bonchev–Trinajstić information content (AvgIpc) is 3.54. The van der Waals surface area contributed by atoms with E-state index in [1.54, 1.807) is 67.6 Å². The van der Waals surface area contributed by atoms with Crippen LogP contribution in [-0.4, -0.2) is 9.13 Å². The molecule has 0 atom stereocenters. The van der Waals surface area contributed by atoms with Crippen LogP contribution >= 0.6 is 0 Å². The number of hydrogen-bond donors (Lipinski definition) is 0. The Morgan fingerprint density at radius 2 is 0.711 bits per heavy atom. The maximum atomic E-state index is 14.7.